The van der Waals surface area contributed by atoms with E-state index in [9.17, 15) is 4.39 Å². The van der Waals surface area contributed by atoms with E-state index < -0.39 is 0 Å². The van der Waals surface area contributed by atoms with E-state index in [0.717, 1.165) is 31.7 Å². The molecule has 0 aromatic heterocycles. The molecule has 0 aliphatic heterocycles. The third-order valence-electron chi connectivity index (χ3n) is 2.92. The van der Waals surface area contributed by atoms with Crippen LogP contribution in [0.2, 0.25) is 0 Å². The van der Waals surface area contributed by atoms with Gasteiger partial charge in [0.2, 0.25) is 0 Å². The Labute approximate surface area is 108 Å². The Kier molecular flexibility index (Phi) is 6.34. The Morgan fingerprint density at radius 1 is 1.28 bits per heavy atom. The van der Waals surface area contributed by atoms with Gasteiger partial charge in [-0.05, 0) is 36.9 Å². The van der Waals surface area contributed by atoms with Crippen molar-refractivity contribution in [3.8, 4) is 6.07 Å². The summed E-state index contributed by atoms with van der Waals surface area (Å²) in [5.74, 6) is -0.352. The predicted molar refractivity (Wildman–Crippen MR) is 70.6 cm³/mol. The van der Waals surface area contributed by atoms with E-state index in [2.05, 4.69) is 24.1 Å². The molecular weight excluding hydrogens is 229 g/mol. The molecule has 0 heterocycles. The first kappa shape index (κ1) is 14.6. The molecule has 3 nitrogen and oxygen atoms in total. The van der Waals surface area contributed by atoms with Crippen molar-refractivity contribution < 1.29 is 4.39 Å². The molecule has 0 amide bonds. The lowest BCUT2D eigenvalue weighted by Crippen LogP contribution is -2.31. The highest BCUT2D eigenvalue weighted by Crippen LogP contribution is 2.08. The van der Waals surface area contributed by atoms with Gasteiger partial charge in [0.1, 0.15) is 5.82 Å². The fraction of sp³-hybridized carbons (Fsp3) is 0.500. The average Bonchev–Trinajstić information content (AvgIpc) is 2.38. The van der Waals surface area contributed by atoms with E-state index in [1.54, 1.807) is 6.07 Å². The number of nitriles is 1. The maximum Gasteiger partial charge on any atom is 0.124 e. The largest absolute Gasteiger partial charge is 0.311 e. The Bertz CT molecular complexity index is 408. The second-order valence-electron chi connectivity index (χ2n) is 4.16. The summed E-state index contributed by atoms with van der Waals surface area (Å²) in [6, 6.07) is 6.39. The van der Waals surface area contributed by atoms with Crippen LogP contribution in [0.5, 0.6) is 0 Å². The van der Waals surface area contributed by atoms with Crippen molar-refractivity contribution in [2.75, 3.05) is 26.2 Å². The van der Waals surface area contributed by atoms with Gasteiger partial charge in [-0.15, -0.1) is 0 Å². The van der Waals surface area contributed by atoms with Crippen LogP contribution in [0.1, 0.15) is 25.0 Å². The molecule has 98 valence electrons. The summed E-state index contributed by atoms with van der Waals surface area (Å²) in [6.07, 6.45) is 0. The van der Waals surface area contributed by atoms with Crippen LogP contribution in [0.25, 0.3) is 0 Å². The molecule has 0 unspecified atom stereocenters. The lowest BCUT2D eigenvalue weighted by atomic mass is 10.1. The zero-order valence-electron chi connectivity index (χ0n) is 11.0. The lowest BCUT2D eigenvalue weighted by molar-refractivity contribution is 0.302. The van der Waals surface area contributed by atoms with Gasteiger partial charge in [-0.2, -0.15) is 5.26 Å². The zero-order valence-corrected chi connectivity index (χ0v) is 11.0. The average molecular weight is 249 g/mol. The van der Waals surface area contributed by atoms with Gasteiger partial charge in [0.25, 0.3) is 0 Å². The quantitative estimate of drug-likeness (QED) is 0.752. The standard InChI is InChI=1S/C14H20FN3/c1-3-18(4-2)6-5-17-11-13-7-12(10-16)8-14(15)9-13/h7-9,17H,3-6,11H2,1-2H3. The number of likely N-dealkylation sites (N-methyl/N-ethyl adjacent to an activating group) is 1. The third-order valence-corrected chi connectivity index (χ3v) is 2.92. The highest BCUT2D eigenvalue weighted by molar-refractivity contribution is 5.33. The SMILES string of the molecule is CCN(CC)CCNCc1cc(F)cc(C#N)c1. The van der Waals surface area contributed by atoms with Crippen LogP contribution in [-0.4, -0.2) is 31.1 Å². The summed E-state index contributed by atoms with van der Waals surface area (Å²) >= 11 is 0. The van der Waals surface area contributed by atoms with Gasteiger partial charge in [-0.3, -0.25) is 0 Å². The summed E-state index contributed by atoms with van der Waals surface area (Å²) in [7, 11) is 0. The van der Waals surface area contributed by atoms with Crippen molar-refractivity contribution in [1.29, 1.82) is 5.26 Å². The van der Waals surface area contributed by atoms with Crippen LogP contribution < -0.4 is 5.32 Å². The number of halogens is 1. The Balaban J connectivity index is 2.40. The molecule has 0 aliphatic carbocycles. The summed E-state index contributed by atoms with van der Waals surface area (Å²) in [6.45, 7) is 8.78. The minimum absolute atomic E-state index is 0.352. The van der Waals surface area contributed by atoms with Crippen molar-refractivity contribution in [3.63, 3.8) is 0 Å². The number of hydrogen-bond donors (Lipinski definition) is 1. The van der Waals surface area contributed by atoms with E-state index in [1.807, 2.05) is 6.07 Å². The number of nitrogens with one attached hydrogen (secondary N) is 1. The lowest BCUT2D eigenvalue weighted by Gasteiger charge is -2.18. The van der Waals surface area contributed by atoms with Crippen molar-refractivity contribution in [2.24, 2.45) is 0 Å². The minimum Gasteiger partial charge on any atom is -0.311 e. The van der Waals surface area contributed by atoms with Gasteiger partial charge in [-0.1, -0.05) is 13.8 Å². The molecule has 1 aromatic carbocycles. The van der Waals surface area contributed by atoms with E-state index in [-0.39, 0.29) is 5.82 Å². The normalized spacial score (nSPS) is 10.6. The molecule has 0 saturated carbocycles. The molecule has 0 fully saturated rings. The van der Waals surface area contributed by atoms with E-state index >= 15 is 0 Å². The van der Waals surface area contributed by atoms with Crippen LogP contribution in [0, 0.1) is 17.1 Å². The van der Waals surface area contributed by atoms with Crippen LogP contribution in [0.3, 0.4) is 0 Å². The van der Waals surface area contributed by atoms with Crippen molar-refractivity contribution >= 4 is 0 Å². The fourth-order valence-electron chi connectivity index (χ4n) is 1.83. The number of rotatable bonds is 7. The minimum atomic E-state index is -0.352. The first-order valence-corrected chi connectivity index (χ1v) is 6.32. The molecule has 0 bridgehead atoms. The maximum atomic E-state index is 13.2. The van der Waals surface area contributed by atoms with Crippen molar-refractivity contribution in [1.82, 2.24) is 10.2 Å². The highest BCUT2D eigenvalue weighted by atomic mass is 19.1. The van der Waals surface area contributed by atoms with Crippen molar-refractivity contribution in [2.45, 2.75) is 20.4 Å². The van der Waals surface area contributed by atoms with Crippen LogP contribution >= 0.6 is 0 Å². The first-order valence-electron chi connectivity index (χ1n) is 6.32. The second kappa shape index (κ2) is 7.80. The molecular formula is C14H20FN3. The maximum absolute atomic E-state index is 13.2. The van der Waals surface area contributed by atoms with Gasteiger partial charge in [0.15, 0.2) is 0 Å². The Morgan fingerprint density at radius 2 is 2.00 bits per heavy atom. The van der Waals surface area contributed by atoms with Crippen LogP contribution in [0.15, 0.2) is 18.2 Å². The second-order valence-corrected chi connectivity index (χ2v) is 4.16. The number of hydrogen-bond acceptors (Lipinski definition) is 3. The highest BCUT2D eigenvalue weighted by Gasteiger charge is 2.01. The summed E-state index contributed by atoms with van der Waals surface area (Å²) in [4.78, 5) is 2.32. The molecule has 0 aliphatic rings. The summed E-state index contributed by atoms with van der Waals surface area (Å²) in [5, 5.41) is 12.0. The fourth-order valence-corrected chi connectivity index (χ4v) is 1.83. The summed E-state index contributed by atoms with van der Waals surface area (Å²) in [5.41, 5.74) is 1.18. The molecule has 18 heavy (non-hydrogen) atoms. The van der Waals surface area contributed by atoms with Gasteiger partial charge >= 0.3 is 0 Å². The monoisotopic (exact) mass is 249 g/mol. The van der Waals surface area contributed by atoms with Gasteiger partial charge in [0.05, 0.1) is 11.6 Å². The third kappa shape index (κ3) is 4.82. The predicted octanol–water partition coefficient (Wildman–Crippen LogP) is 2.13. The van der Waals surface area contributed by atoms with Crippen molar-refractivity contribution in [3.05, 3.63) is 35.1 Å². The van der Waals surface area contributed by atoms with E-state index in [1.165, 1.54) is 12.1 Å². The molecule has 4 heteroatoms. The van der Waals surface area contributed by atoms with Crippen LogP contribution in [-0.2, 0) is 6.54 Å². The number of nitrogens with zero attached hydrogens (tertiary/aromatic N) is 2. The van der Waals surface area contributed by atoms with Gasteiger partial charge < -0.3 is 10.2 Å². The zero-order chi connectivity index (χ0) is 13.4. The molecule has 0 atom stereocenters. The number of benzene rings is 1. The molecule has 1 aromatic rings. The van der Waals surface area contributed by atoms with Gasteiger partial charge in [0, 0.05) is 19.6 Å². The first-order chi connectivity index (χ1) is 8.69. The molecule has 0 spiro atoms. The smallest absolute Gasteiger partial charge is 0.124 e. The van der Waals surface area contributed by atoms with E-state index in [4.69, 9.17) is 5.26 Å². The molecule has 1 N–H and O–H groups in total. The van der Waals surface area contributed by atoms with Crippen LogP contribution in [0.4, 0.5) is 4.39 Å². The van der Waals surface area contributed by atoms with E-state index in [0.29, 0.717) is 12.1 Å². The van der Waals surface area contributed by atoms with Gasteiger partial charge in [-0.25, -0.2) is 4.39 Å². The summed E-state index contributed by atoms with van der Waals surface area (Å²) < 4.78 is 13.2. The Morgan fingerprint density at radius 3 is 2.61 bits per heavy atom. The Hall–Kier alpha value is -1.44. The molecule has 0 saturated heterocycles. The molecule has 1 rings (SSSR count). The molecule has 0 radical (unpaired) electrons. The topological polar surface area (TPSA) is 39.1 Å².